The number of hydrogen-bond donors (Lipinski definition) is 3. The molecule has 19 heavy (non-hydrogen) atoms. The normalized spacial score (nSPS) is 9.89. The number of primary amides is 1. The molecule has 0 fully saturated rings. The predicted octanol–water partition coefficient (Wildman–Crippen LogP) is 1.74. The maximum Gasteiger partial charge on any atom is 0.255 e. The van der Waals surface area contributed by atoms with Gasteiger partial charge in [0.25, 0.3) is 11.8 Å². The van der Waals surface area contributed by atoms with Gasteiger partial charge >= 0.3 is 0 Å². The molecule has 5 heteroatoms. The molecule has 0 aliphatic rings. The lowest BCUT2D eigenvalue weighted by molar-refractivity contribution is 0.100. The highest BCUT2D eigenvalue weighted by molar-refractivity contribution is 6.08. The first kappa shape index (κ1) is 12.6. The summed E-state index contributed by atoms with van der Waals surface area (Å²) in [5.41, 5.74) is 6.08. The number of carbonyl (C=O) groups excluding carboxylic acids is 2. The van der Waals surface area contributed by atoms with E-state index >= 15 is 0 Å². The van der Waals surface area contributed by atoms with E-state index in [1.807, 2.05) is 0 Å². The fraction of sp³-hybridized carbons (Fsp3) is 0. The minimum absolute atomic E-state index is 0.00386. The monoisotopic (exact) mass is 256 g/mol. The largest absolute Gasteiger partial charge is 0.508 e. The van der Waals surface area contributed by atoms with Crippen molar-refractivity contribution in [3.63, 3.8) is 0 Å². The molecule has 0 heterocycles. The summed E-state index contributed by atoms with van der Waals surface area (Å²) in [6.45, 7) is 0. The third-order valence-electron chi connectivity index (χ3n) is 2.55. The van der Waals surface area contributed by atoms with Crippen LogP contribution in [0.15, 0.2) is 48.5 Å². The number of anilines is 1. The van der Waals surface area contributed by atoms with Gasteiger partial charge in [0.05, 0.1) is 11.3 Å². The van der Waals surface area contributed by atoms with Crippen molar-refractivity contribution in [2.45, 2.75) is 0 Å². The fourth-order valence-corrected chi connectivity index (χ4v) is 1.65. The third kappa shape index (κ3) is 2.90. The predicted molar refractivity (Wildman–Crippen MR) is 71.0 cm³/mol. The number of nitrogens with one attached hydrogen (secondary N) is 1. The Labute approximate surface area is 109 Å². The van der Waals surface area contributed by atoms with Gasteiger partial charge in [-0.25, -0.2) is 0 Å². The van der Waals surface area contributed by atoms with Crippen molar-refractivity contribution in [1.29, 1.82) is 0 Å². The number of aromatic hydroxyl groups is 1. The molecule has 0 aliphatic carbocycles. The Morgan fingerprint density at radius 1 is 1.05 bits per heavy atom. The molecular formula is C14H12N2O3. The van der Waals surface area contributed by atoms with E-state index in [0.717, 1.165) is 0 Å². The molecule has 0 unspecified atom stereocenters. The smallest absolute Gasteiger partial charge is 0.255 e. The van der Waals surface area contributed by atoms with Gasteiger partial charge in [0.1, 0.15) is 5.75 Å². The number of amides is 2. The number of phenolic OH excluding ortho intramolecular Hbond substituents is 1. The van der Waals surface area contributed by atoms with E-state index in [-0.39, 0.29) is 11.3 Å². The van der Waals surface area contributed by atoms with Crippen molar-refractivity contribution >= 4 is 17.5 Å². The van der Waals surface area contributed by atoms with Gasteiger partial charge in [-0.05, 0) is 30.3 Å². The van der Waals surface area contributed by atoms with Gasteiger partial charge in [-0.15, -0.1) is 0 Å². The summed E-state index contributed by atoms with van der Waals surface area (Å²) in [7, 11) is 0. The van der Waals surface area contributed by atoms with Gasteiger partial charge in [0, 0.05) is 5.56 Å². The van der Waals surface area contributed by atoms with Crippen LogP contribution in [-0.2, 0) is 0 Å². The molecule has 5 nitrogen and oxygen atoms in total. The van der Waals surface area contributed by atoms with Crippen molar-refractivity contribution in [3.8, 4) is 5.75 Å². The van der Waals surface area contributed by atoms with Crippen molar-refractivity contribution in [3.05, 3.63) is 59.7 Å². The van der Waals surface area contributed by atoms with E-state index < -0.39 is 11.8 Å². The molecule has 2 rings (SSSR count). The van der Waals surface area contributed by atoms with Crippen LogP contribution in [0.1, 0.15) is 20.7 Å². The maximum absolute atomic E-state index is 12.0. The highest BCUT2D eigenvalue weighted by atomic mass is 16.3. The van der Waals surface area contributed by atoms with Crippen molar-refractivity contribution in [1.82, 2.24) is 0 Å². The highest BCUT2D eigenvalue weighted by Gasteiger charge is 2.11. The third-order valence-corrected chi connectivity index (χ3v) is 2.55. The van der Waals surface area contributed by atoms with Crippen LogP contribution in [0, 0.1) is 0 Å². The molecule has 0 bridgehead atoms. The van der Waals surface area contributed by atoms with Crippen LogP contribution < -0.4 is 11.1 Å². The molecule has 0 spiro atoms. The number of para-hydroxylation sites is 1. The maximum atomic E-state index is 12.0. The lowest BCUT2D eigenvalue weighted by Gasteiger charge is -2.08. The second-order valence-corrected chi connectivity index (χ2v) is 3.91. The zero-order chi connectivity index (χ0) is 13.8. The zero-order valence-electron chi connectivity index (χ0n) is 9.96. The van der Waals surface area contributed by atoms with E-state index in [2.05, 4.69) is 5.32 Å². The van der Waals surface area contributed by atoms with Gasteiger partial charge in [0.15, 0.2) is 0 Å². The van der Waals surface area contributed by atoms with Gasteiger partial charge in [0.2, 0.25) is 0 Å². The lowest BCUT2D eigenvalue weighted by Crippen LogP contribution is -2.18. The molecule has 2 amide bonds. The van der Waals surface area contributed by atoms with Crippen LogP contribution in [0.5, 0.6) is 5.75 Å². The van der Waals surface area contributed by atoms with Crippen LogP contribution in [0.3, 0.4) is 0 Å². The van der Waals surface area contributed by atoms with Crippen LogP contribution in [-0.4, -0.2) is 16.9 Å². The van der Waals surface area contributed by atoms with Crippen molar-refractivity contribution in [2.24, 2.45) is 5.73 Å². The van der Waals surface area contributed by atoms with Gasteiger partial charge in [-0.1, -0.05) is 18.2 Å². The molecule has 0 saturated heterocycles. The van der Waals surface area contributed by atoms with Crippen LogP contribution >= 0.6 is 0 Å². The summed E-state index contributed by atoms with van der Waals surface area (Å²) in [4.78, 5) is 23.2. The average Bonchev–Trinajstić information content (AvgIpc) is 2.39. The number of nitrogens with two attached hydrogens (primary N) is 1. The molecule has 0 atom stereocenters. The summed E-state index contributed by atoms with van der Waals surface area (Å²) < 4.78 is 0. The summed E-state index contributed by atoms with van der Waals surface area (Å²) in [6, 6.07) is 12.4. The topological polar surface area (TPSA) is 92.4 Å². The Hall–Kier alpha value is -2.82. The SMILES string of the molecule is NC(=O)c1ccccc1NC(=O)c1cccc(O)c1. The second-order valence-electron chi connectivity index (χ2n) is 3.91. The lowest BCUT2D eigenvalue weighted by atomic mass is 10.1. The zero-order valence-corrected chi connectivity index (χ0v) is 9.96. The summed E-state index contributed by atoms with van der Waals surface area (Å²) >= 11 is 0. The molecule has 0 aromatic heterocycles. The molecule has 0 saturated carbocycles. The summed E-state index contributed by atoms with van der Waals surface area (Å²) in [5, 5.41) is 11.9. The quantitative estimate of drug-likeness (QED) is 0.781. The Balaban J connectivity index is 2.27. The Kier molecular flexibility index (Phi) is 3.47. The Morgan fingerprint density at radius 3 is 2.47 bits per heavy atom. The first-order chi connectivity index (χ1) is 9.08. The Morgan fingerprint density at radius 2 is 1.79 bits per heavy atom. The summed E-state index contributed by atoms with van der Waals surface area (Å²) in [6.07, 6.45) is 0. The first-order valence-electron chi connectivity index (χ1n) is 5.57. The number of phenols is 1. The van der Waals surface area contributed by atoms with E-state index in [0.29, 0.717) is 11.3 Å². The highest BCUT2D eigenvalue weighted by Crippen LogP contribution is 2.17. The van der Waals surface area contributed by atoms with E-state index in [9.17, 15) is 14.7 Å². The number of carbonyl (C=O) groups is 2. The standard InChI is InChI=1S/C14H12N2O3/c15-13(18)11-6-1-2-7-12(11)16-14(19)9-4-3-5-10(17)8-9/h1-8,17H,(H2,15,18)(H,16,19). The number of rotatable bonds is 3. The minimum atomic E-state index is -0.619. The molecular weight excluding hydrogens is 244 g/mol. The molecule has 96 valence electrons. The van der Waals surface area contributed by atoms with Crippen LogP contribution in [0.2, 0.25) is 0 Å². The van der Waals surface area contributed by atoms with Crippen LogP contribution in [0.4, 0.5) is 5.69 Å². The van der Waals surface area contributed by atoms with Crippen molar-refractivity contribution in [2.75, 3.05) is 5.32 Å². The molecule has 0 radical (unpaired) electrons. The molecule has 2 aromatic rings. The van der Waals surface area contributed by atoms with E-state index in [1.54, 1.807) is 30.3 Å². The number of hydrogen-bond acceptors (Lipinski definition) is 3. The molecule has 0 aliphatic heterocycles. The fourth-order valence-electron chi connectivity index (χ4n) is 1.65. The minimum Gasteiger partial charge on any atom is -0.508 e. The van der Waals surface area contributed by atoms with Gasteiger partial charge < -0.3 is 16.2 Å². The average molecular weight is 256 g/mol. The molecule has 4 N–H and O–H groups in total. The number of benzene rings is 2. The second kappa shape index (κ2) is 5.22. The Bertz CT molecular complexity index is 638. The van der Waals surface area contributed by atoms with Gasteiger partial charge in [-0.3, -0.25) is 9.59 Å². The van der Waals surface area contributed by atoms with E-state index in [4.69, 9.17) is 5.73 Å². The summed E-state index contributed by atoms with van der Waals surface area (Å²) in [5.74, 6) is -1.05. The van der Waals surface area contributed by atoms with E-state index in [1.165, 1.54) is 18.2 Å². The first-order valence-corrected chi connectivity index (χ1v) is 5.57. The molecule has 2 aromatic carbocycles. The van der Waals surface area contributed by atoms with Crippen LogP contribution in [0.25, 0.3) is 0 Å². The van der Waals surface area contributed by atoms with Gasteiger partial charge in [-0.2, -0.15) is 0 Å². The van der Waals surface area contributed by atoms with Crippen molar-refractivity contribution < 1.29 is 14.7 Å².